The summed E-state index contributed by atoms with van der Waals surface area (Å²) in [6.45, 7) is 1.64. The minimum Gasteiger partial charge on any atom is -0.383 e. The minimum atomic E-state index is -4.65. The first-order valence-electron chi connectivity index (χ1n) is 6.50. The fraction of sp³-hybridized carbons (Fsp3) is 0.538. The van der Waals surface area contributed by atoms with E-state index < -0.39 is 15.6 Å². The van der Waals surface area contributed by atoms with Crippen LogP contribution in [0.2, 0.25) is 0 Å². The average molecular weight is 322 g/mol. The molecule has 0 atom stereocenters. The number of nitrogens with zero attached hydrogens (tertiary/aromatic N) is 1. The SMILES string of the molecule is COCCN(CCCN)c1ccccc1S(=O)(=O)C(F)F. The van der Waals surface area contributed by atoms with Gasteiger partial charge in [0.15, 0.2) is 0 Å². The van der Waals surface area contributed by atoms with Crippen LogP contribution in [-0.4, -0.2) is 47.5 Å². The first-order chi connectivity index (χ1) is 9.95. The highest BCUT2D eigenvalue weighted by atomic mass is 32.2. The van der Waals surface area contributed by atoms with Crippen molar-refractivity contribution < 1.29 is 21.9 Å². The Kier molecular flexibility index (Phi) is 7.00. The van der Waals surface area contributed by atoms with Gasteiger partial charge in [0.05, 0.1) is 17.2 Å². The summed E-state index contributed by atoms with van der Waals surface area (Å²) in [4.78, 5) is 1.33. The van der Waals surface area contributed by atoms with Crippen LogP contribution < -0.4 is 10.6 Å². The number of rotatable bonds is 9. The van der Waals surface area contributed by atoms with E-state index in [1.807, 2.05) is 0 Å². The van der Waals surface area contributed by atoms with Gasteiger partial charge >= 0.3 is 5.76 Å². The molecule has 0 aliphatic heterocycles. The van der Waals surface area contributed by atoms with E-state index in [1.165, 1.54) is 25.3 Å². The van der Waals surface area contributed by atoms with E-state index in [2.05, 4.69) is 0 Å². The third-order valence-corrected chi connectivity index (χ3v) is 4.37. The summed E-state index contributed by atoms with van der Waals surface area (Å²) in [7, 11) is -3.13. The van der Waals surface area contributed by atoms with Gasteiger partial charge < -0.3 is 15.4 Å². The molecule has 0 fully saturated rings. The molecule has 0 aliphatic carbocycles. The van der Waals surface area contributed by atoms with Gasteiger partial charge in [0.1, 0.15) is 0 Å². The molecule has 1 rings (SSSR count). The number of hydrogen-bond acceptors (Lipinski definition) is 5. The molecule has 0 amide bonds. The Labute approximate surface area is 123 Å². The van der Waals surface area contributed by atoms with Crippen LogP contribution in [0.15, 0.2) is 29.2 Å². The van der Waals surface area contributed by atoms with Gasteiger partial charge in [-0.2, -0.15) is 8.78 Å². The fourth-order valence-electron chi connectivity index (χ4n) is 1.89. The van der Waals surface area contributed by atoms with Gasteiger partial charge in [0.25, 0.3) is 0 Å². The molecule has 0 spiro atoms. The van der Waals surface area contributed by atoms with Gasteiger partial charge in [-0.1, -0.05) is 12.1 Å². The lowest BCUT2D eigenvalue weighted by atomic mass is 10.2. The van der Waals surface area contributed by atoms with E-state index in [0.717, 1.165) is 0 Å². The zero-order chi connectivity index (χ0) is 15.9. The lowest BCUT2D eigenvalue weighted by Gasteiger charge is -2.26. The van der Waals surface area contributed by atoms with Crippen LogP contribution in [0, 0.1) is 0 Å². The van der Waals surface area contributed by atoms with Gasteiger partial charge in [-0.15, -0.1) is 0 Å². The van der Waals surface area contributed by atoms with E-state index in [4.69, 9.17) is 10.5 Å². The van der Waals surface area contributed by atoms with Crippen molar-refractivity contribution in [1.82, 2.24) is 0 Å². The van der Waals surface area contributed by atoms with Crippen LogP contribution >= 0.6 is 0 Å². The van der Waals surface area contributed by atoms with E-state index in [1.54, 1.807) is 11.0 Å². The van der Waals surface area contributed by atoms with E-state index in [-0.39, 0.29) is 10.6 Å². The molecule has 0 aliphatic rings. The van der Waals surface area contributed by atoms with Crippen LogP contribution in [0.5, 0.6) is 0 Å². The number of halogens is 2. The Hall–Kier alpha value is -1.25. The molecule has 0 radical (unpaired) electrons. The number of alkyl halides is 2. The zero-order valence-electron chi connectivity index (χ0n) is 11.8. The first-order valence-corrected chi connectivity index (χ1v) is 8.04. The number of sulfone groups is 1. The largest absolute Gasteiger partial charge is 0.383 e. The molecule has 0 unspecified atom stereocenters. The Morgan fingerprint density at radius 1 is 1.29 bits per heavy atom. The topological polar surface area (TPSA) is 72.6 Å². The van der Waals surface area contributed by atoms with Gasteiger partial charge in [-0.3, -0.25) is 0 Å². The molecular formula is C13H20F2N2O3S. The zero-order valence-corrected chi connectivity index (χ0v) is 12.7. The van der Waals surface area contributed by atoms with Crippen molar-refractivity contribution in [3.8, 4) is 0 Å². The number of para-hydroxylation sites is 1. The Morgan fingerprint density at radius 2 is 1.95 bits per heavy atom. The Balaban J connectivity index is 3.19. The van der Waals surface area contributed by atoms with Gasteiger partial charge in [-0.05, 0) is 25.1 Å². The summed E-state index contributed by atoms with van der Waals surface area (Å²) >= 11 is 0. The molecule has 8 heteroatoms. The highest BCUT2D eigenvalue weighted by molar-refractivity contribution is 7.91. The molecule has 0 saturated heterocycles. The maximum atomic E-state index is 12.8. The van der Waals surface area contributed by atoms with Crippen LogP contribution in [0.3, 0.4) is 0 Å². The quantitative estimate of drug-likeness (QED) is 0.745. The van der Waals surface area contributed by atoms with Crippen molar-refractivity contribution in [2.45, 2.75) is 17.1 Å². The fourth-order valence-corrected chi connectivity index (χ4v) is 2.84. The smallest absolute Gasteiger partial charge is 0.341 e. The standard InChI is InChI=1S/C13H20F2N2O3S/c1-20-10-9-17(8-4-7-16)11-5-2-3-6-12(11)21(18,19)13(14)15/h2-3,5-6,13H,4,7-10,16H2,1H3. The van der Waals surface area contributed by atoms with Crippen LogP contribution in [0.4, 0.5) is 14.5 Å². The second kappa shape index (κ2) is 8.26. The van der Waals surface area contributed by atoms with Crippen molar-refractivity contribution >= 4 is 15.5 Å². The molecule has 0 heterocycles. The summed E-state index contributed by atoms with van der Waals surface area (Å²) in [5, 5.41) is 0. The predicted molar refractivity (Wildman–Crippen MR) is 77.4 cm³/mol. The van der Waals surface area contributed by atoms with E-state index in [0.29, 0.717) is 32.7 Å². The van der Waals surface area contributed by atoms with Crippen molar-refractivity contribution in [3.63, 3.8) is 0 Å². The number of hydrogen-bond donors (Lipinski definition) is 1. The third kappa shape index (κ3) is 4.62. The number of benzene rings is 1. The van der Waals surface area contributed by atoms with E-state index >= 15 is 0 Å². The number of methoxy groups -OCH3 is 1. The van der Waals surface area contributed by atoms with Gasteiger partial charge in [0.2, 0.25) is 9.84 Å². The minimum absolute atomic E-state index is 0.253. The number of nitrogens with two attached hydrogens (primary N) is 1. The summed E-state index contributed by atoms with van der Waals surface area (Å²) < 4.78 is 54.1. The monoisotopic (exact) mass is 322 g/mol. The highest BCUT2D eigenvalue weighted by Crippen LogP contribution is 2.29. The highest BCUT2D eigenvalue weighted by Gasteiger charge is 2.30. The molecule has 120 valence electrons. The lowest BCUT2D eigenvalue weighted by molar-refractivity contribution is 0.205. The summed E-state index contributed by atoms with van der Waals surface area (Å²) in [6.07, 6.45) is 0.618. The summed E-state index contributed by atoms with van der Waals surface area (Å²) in [6, 6.07) is 5.75. The second-order valence-electron chi connectivity index (χ2n) is 4.40. The molecule has 1 aromatic rings. The van der Waals surface area contributed by atoms with Crippen molar-refractivity contribution in [3.05, 3.63) is 24.3 Å². The van der Waals surface area contributed by atoms with E-state index in [9.17, 15) is 17.2 Å². The summed E-state index contributed by atoms with van der Waals surface area (Å²) in [5.74, 6) is -3.45. The van der Waals surface area contributed by atoms with Gasteiger partial charge in [0, 0.05) is 20.2 Å². The molecule has 1 aromatic carbocycles. The average Bonchev–Trinajstić information content (AvgIpc) is 2.47. The molecule has 21 heavy (non-hydrogen) atoms. The van der Waals surface area contributed by atoms with Crippen LogP contribution in [0.25, 0.3) is 0 Å². The maximum absolute atomic E-state index is 12.8. The third-order valence-electron chi connectivity index (χ3n) is 2.94. The Bertz CT molecular complexity index is 530. The molecule has 2 N–H and O–H groups in total. The van der Waals surface area contributed by atoms with Crippen LogP contribution in [-0.2, 0) is 14.6 Å². The molecular weight excluding hydrogens is 302 g/mol. The van der Waals surface area contributed by atoms with Crippen molar-refractivity contribution in [2.75, 3.05) is 38.3 Å². The van der Waals surface area contributed by atoms with Crippen molar-refractivity contribution in [1.29, 1.82) is 0 Å². The van der Waals surface area contributed by atoms with Crippen molar-refractivity contribution in [2.24, 2.45) is 5.73 Å². The number of anilines is 1. The molecule has 0 bridgehead atoms. The molecule has 5 nitrogen and oxygen atoms in total. The second-order valence-corrected chi connectivity index (χ2v) is 6.28. The first kappa shape index (κ1) is 17.8. The molecule has 0 saturated carbocycles. The van der Waals surface area contributed by atoms with Crippen LogP contribution in [0.1, 0.15) is 6.42 Å². The number of ether oxygens (including phenoxy) is 1. The maximum Gasteiger partial charge on any atom is 0.341 e. The Morgan fingerprint density at radius 3 is 2.52 bits per heavy atom. The normalized spacial score (nSPS) is 11.9. The lowest BCUT2D eigenvalue weighted by Crippen LogP contribution is -2.31. The van der Waals surface area contributed by atoms with Gasteiger partial charge in [-0.25, -0.2) is 8.42 Å². The molecule has 0 aromatic heterocycles. The predicted octanol–water partition coefficient (Wildman–Crippen LogP) is 1.48. The summed E-state index contributed by atoms with van der Waals surface area (Å²) in [5.41, 5.74) is 5.71.